The smallest absolute Gasteiger partial charge is 0.238 e. The monoisotopic (exact) mass is 348 g/mol. The maximum absolute atomic E-state index is 11.9. The van der Waals surface area contributed by atoms with E-state index in [4.69, 9.17) is 15.6 Å². The van der Waals surface area contributed by atoms with Gasteiger partial charge in [-0.05, 0) is 49.1 Å². The molecular formula is C18H24N2O3S. The Morgan fingerprint density at radius 3 is 2.08 bits per heavy atom. The lowest BCUT2D eigenvalue weighted by molar-refractivity contribution is 0.415. The van der Waals surface area contributed by atoms with Crippen LogP contribution >= 0.6 is 0 Å². The molecule has 0 saturated carbocycles. The van der Waals surface area contributed by atoms with Gasteiger partial charge in [0, 0.05) is 11.1 Å². The Balaban J connectivity index is 2.72. The number of ether oxygens (including phenoxy) is 1. The van der Waals surface area contributed by atoms with Gasteiger partial charge in [-0.3, -0.25) is 0 Å². The van der Waals surface area contributed by atoms with E-state index in [1.807, 2.05) is 45.0 Å². The molecule has 130 valence electrons. The Labute approximate surface area is 143 Å². The fraction of sp³-hybridized carbons (Fsp3) is 0.333. The third-order valence-corrected chi connectivity index (χ3v) is 5.02. The van der Waals surface area contributed by atoms with Gasteiger partial charge in [-0.1, -0.05) is 31.2 Å². The fourth-order valence-electron chi connectivity index (χ4n) is 2.78. The molecule has 0 fully saturated rings. The van der Waals surface area contributed by atoms with Crippen molar-refractivity contribution in [3.05, 3.63) is 47.5 Å². The number of primary sulfonamides is 1. The predicted octanol–water partition coefficient (Wildman–Crippen LogP) is 2.77. The summed E-state index contributed by atoms with van der Waals surface area (Å²) in [4.78, 5) is 0.129. The molecule has 2 aromatic rings. The van der Waals surface area contributed by atoms with E-state index < -0.39 is 15.6 Å². The van der Waals surface area contributed by atoms with Crippen LogP contribution in [0.4, 0.5) is 0 Å². The van der Waals surface area contributed by atoms with E-state index in [-0.39, 0.29) is 4.90 Å². The molecule has 24 heavy (non-hydrogen) atoms. The summed E-state index contributed by atoms with van der Waals surface area (Å²) in [5.41, 5.74) is 8.92. The second kappa shape index (κ2) is 6.55. The van der Waals surface area contributed by atoms with Crippen molar-refractivity contribution in [3.63, 3.8) is 0 Å². The molecule has 0 aliphatic heterocycles. The summed E-state index contributed by atoms with van der Waals surface area (Å²) in [7, 11) is -2.25. The van der Waals surface area contributed by atoms with Crippen molar-refractivity contribution in [1.82, 2.24) is 0 Å². The molecule has 0 aromatic heterocycles. The Morgan fingerprint density at radius 1 is 1.08 bits per heavy atom. The van der Waals surface area contributed by atoms with Gasteiger partial charge in [-0.2, -0.15) is 0 Å². The molecule has 0 spiro atoms. The minimum Gasteiger partial charge on any atom is -0.496 e. The zero-order chi connectivity index (χ0) is 18.1. The normalized spacial score (nSPS) is 12.2. The molecule has 0 aliphatic rings. The first kappa shape index (κ1) is 18.4. The molecule has 0 aliphatic carbocycles. The van der Waals surface area contributed by atoms with E-state index in [1.54, 1.807) is 13.2 Å². The minimum atomic E-state index is -3.81. The van der Waals surface area contributed by atoms with Crippen molar-refractivity contribution in [3.8, 4) is 16.9 Å². The van der Waals surface area contributed by atoms with Gasteiger partial charge in [-0.25, -0.2) is 13.6 Å². The summed E-state index contributed by atoms with van der Waals surface area (Å²) < 4.78 is 29.3. The molecular weight excluding hydrogens is 324 g/mol. The average Bonchev–Trinajstić information content (AvgIpc) is 2.51. The number of sulfonamides is 1. The summed E-state index contributed by atoms with van der Waals surface area (Å²) in [5, 5.41) is 5.37. The third kappa shape index (κ3) is 3.61. The highest BCUT2D eigenvalue weighted by molar-refractivity contribution is 7.89. The maximum atomic E-state index is 11.9. The van der Waals surface area contributed by atoms with Gasteiger partial charge in [0.1, 0.15) is 5.75 Å². The zero-order valence-corrected chi connectivity index (χ0v) is 15.3. The van der Waals surface area contributed by atoms with Crippen molar-refractivity contribution >= 4 is 10.0 Å². The van der Waals surface area contributed by atoms with Crippen molar-refractivity contribution in [1.29, 1.82) is 0 Å². The molecule has 0 unspecified atom stereocenters. The second-order valence-corrected chi connectivity index (χ2v) is 7.85. The van der Waals surface area contributed by atoms with Crippen LogP contribution in [0.3, 0.4) is 0 Å². The van der Waals surface area contributed by atoms with E-state index in [1.165, 1.54) is 6.07 Å². The summed E-state index contributed by atoms with van der Waals surface area (Å²) in [5.74, 6) is 0.610. The molecule has 0 bridgehead atoms. The van der Waals surface area contributed by atoms with E-state index in [0.29, 0.717) is 17.7 Å². The van der Waals surface area contributed by atoms with Crippen molar-refractivity contribution in [2.24, 2.45) is 10.9 Å². The molecule has 0 radical (unpaired) electrons. The molecule has 0 atom stereocenters. The van der Waals surface area contributed by atoms with E-state index >= 15 is 0 Å². The van der Waals surface area contributed by atoms with Crippen LogP contribution in [0.5, 0.6) is 5.75 Å². The molecule has 5 nitrogen and oxygen atoms in total. The summed E-state index contributed by atoms with van der Waals surface area (Å²) in [6, 6.07) is 10.9. The topological polar surface area (TPSA) is 95.4 Å². The van der Waals surface area contributed by atoms with Gasteiger partial charge in [0.2, 0.25) is 10.0 Å². The van der Waals surface area contributed by atoms with Crippen LogP contribution in [-0.2, 0) is 22.0 Å². The first-order valence-electron chi connectivity index (χ1n) is 7.72. The summed E-state index contributed by atoms with van der Waals surface area (Å²) in [6.45, 7) is 5.76. The minimum absolute atomic E-state index is 0.129. The Morgan fingerprint density at radius 2 is 1.67 bits per heavy atom. The fourth-order valence-corrected chi connectivity index (χ4v) is 3.63. The number of rotatable bonds is 5. The number of benzene rings is 2. The van der Waals surface area contributed by atoms with E-state index in [9.17, 15) is 8.42 Å². The molecule has 0 amide bonds. The SMILES string of the molecule is CCc1c(S(N)(=O)=O)ccc(OC)c1-c1ccc(C(C)(C)N)cc1. The second-order valence-electron chi connectivity index (χ2n) is 6.32. The Hall–Kier alpha value is -1.89. The van der Waals surface area contributed by atoms with Gasteiger partial charge < -0.3 is 10.5 Å². The van der Waals surface area contributed by atoms with Crippen LogP contribution in [0.1, 0.15) is 31.9 Å². The lowest BCUT2D eigenvalue weighted by Crippen LogP contribution is -2.28. The molecule has 0 heterocycles. The van der Waals surface area contributed by atoms with Crippen LogP contribution in [-0.4, -0.2) is 15.5 Å². The number of nitrogens with two attached hydrogens (primary N) is 2. The Kier molecular flexibility index (Phi) is 5.03. The summed E-state index contributed by atoms with van der Waals surface area (Å²) in [6.07, 6.45) is 0.516. The van der Waals surface area contributed by atoms with Crippen LogP contribution in [0.25, 0.3) is 11.1 Å². The highest BCUT2D eigenvalue weighted by atomic mass is 32.2. The summed E-state index contributed by atoms with van der Waals surface area (Å²) >= 11 is 0. The van der Waals surface area contributed by atoms with Gasteiger partial charge in [0.05, 0.1) is 12.0 Å². The lowest BCUT2D eigenvalue weighted by atomic mass is 9.91. The van der Waals surface area contributed by atoms with Gasteiger partial charge in [-0.15, -0.1) is 0 Å². The molecule has 2 aromatic carbocycles. The number of hydrogen-bond acceptors (Lipinski definition) is 4. The molecule has 2 rings (SSSR count). The molecule has 4 N–H and O–H groups in total. The average molecular weight is 348 g/mol. The van der Waals surface area contributed by atoms with E-state index in [2.05, 4.69) is 0 Å². The molecule has 0 saturated heterocycles. The van der Waals surface area contributed by atoms with Crippen molar-refractivity contribution in [2.45, 2.75) is 37.6 Å². The standard InChI is InChI=1S/C18H24N2O3S/c1-5-14-16(24(20,21)22)11-10-15(23-4)17(14)12-6-8-13(9-7-12)18(2,3)19/h6-11H,5,19H2,1-4H3,(H2,20,21,22). The highest BCUT2D eigenvalue weighted by Gasteiger charge is 2.21. The van der Waals surface area contributed by atoms with Crippen molar-refractivity contribution in [2.75, 3.05) is 7.11 Å². The van der Waals surface area contributed by atoms with Crippen LogP contribution in [0.15, 0.2) is 41.3 Å². The Bertz CT molecular complexity index is 836. The van der Waals surface area contributed by atoms with Crippen LogP contribution in [0.2, 0.25) is 0 Å². The number of methoxy groups -OCH3 is 1. The third-order valence-electron chi connectivity index (χ3n) is 4.03. The maximum Gasteiger partial charge on any atom is 0.238 e. The lowest BCUT2D eigenvalue weighted by Gasteiger charge is -2.21. The predicted molar refractivity (Wildman–Crippen MR) is 96.4 cm³/mol. The quantitative estimate of drug-likeness (QED) is 0.868. The zero-order valence-electron chi connectivity index (χ0n) is 14.5. The van der Waals surface area contributed by atoms with Gasteiger partial charge in [0.25, 0.3) is 0 Å². The first-order chi connectivity index (χ1) is 11.1. The largest absolute Gasteiger partial charge is 0.496 e. The van der Waals surface area contributed by atoms with Gasteiger partial charge in [0.15, 0.2) is 0 Å². The van der Waals surface area contributed by atoms with Crippen LogP contribution in [0, 0.1) is 0 Å². The van der Waals surface area contributed by atoms with Gasteiger partial charge >= 0.3 is 0 Å². The van der Waals surface area contributed by atoms with Crippen molar-refractivity contribution < 1.29 is 13.2 Å². The van der Waals surface area contributed by atoms with E-state index in [0.717, 1.165) is 16.7 Å². The first-order valence-corrected chi connectivity index (χ1v) is 9.26. The molecule has 6 heteroatoms. The number of hydrogen-bond donors (Lipinski definition) is 2. The van der Waals surface area contributed by atoms with Crippen LogP contribution < -0.4 is 15.6 Å². The highest BCUT2D eigenvalue weighted by Crippen LogP contribution is 2.37.